The second-order valence-electron chi connectivity index (χ2n) is 8.47. The number of amides is 1. The number of likely N-dealkylation sites (N-methyl/N-ethyl adjacent to an activating group) is 1. The lowest BCUT2D eigenvalue weighted by Gasteiger charge is -2.34. The van der Waals surface area contributed by atoms with Crippen LogP contribution >= 0.6 is 15.9 Å². The van der Waals surface area contributed by atoms with Crippen molar-refractivity contribution in [2.24, 2.45) is 0 Å². The van der Waals surface area contributed by atoms with Gasteiger partial charge in [-0.1, -0.05) is 6.07 Å². The van der Waals surface area contributed by atoms with Gasteiger partial charge in [-0.2, -0.15) is 4.52 Å². The lowest BCUT2D eigenvalue weighted by molar-refractivity contribution is -0.133. The van der Waals surface area contributed by atoms with Gasteiger partial charge in [-0.15, -0.1) is 5.10 Å². The first-order chi connectivity index (χ1) is 16.4. The minimum absolute atomic E-state index is 0.0470. The molecule has 1 fully saturated rings. The molecule has 0 radical (unpaired) electrons. The highest BCUT2D eigenvalue weighted by atomic mass is 79.9. The van der Waals surface area contributed by atoms with Gasteiger partial charge >= 0.3 is 0 Å². The topological polar surface area (TPSA) is 87.9 Å². The van der Waals surface area contributed by atoms with E-state index in [0.717, 1.165) is 52.9 Å². The number of hydrogen-bond acceptors (Lipinski definition) is 7. The van der Waals surface area contributed by atoms with Crippen molar-refractivity contribution in [3.05, 3.63) is 46.9 Å². The average Bonchev–Trinajstić information content (AvgIpc) is 3.31. The number of nitrogens with zero attached hydrogens (tertiary/aromatic N) is 6. The summed E-state index contributed by atoms with van der Waals surface area (Å²) in [5, 5.41) is 8.91. The Kier molecular flexibility index (Phi) is 6.09. The molecule has 34 heavy (non-hydrogen) atoms. The van der Waals surface area contributed by atoms with Crippen LogP contribution in [0.3, 0.4) is 0 Å². The van der Waals surface area contributed by atoms with Crippen LogP contribution in [-0.4, -0.2) is 81.7 Å². The van der Waals surface area contributed by atoms with Crippen molar-refractivity contribution in [3.63, 3.8) is 0 Å². The van der Waals surface area contributed by atoms with Crippen molar-refractivity contribution >= 4 is 44.3 Å². The number of carbonyl (C=O) groups is 1. The Morgan fingerprint density at radius 2 is 1.82 bits per heavy atom. The number of para-hydroxylation sites is 1. The van der Waals surface area contributed by atoms with E-state index in [1.807, 2.05) is 54.3 Å². The third-order valence-electron chi connectivity index (χ3n) is 6.13. The molecule has 4 aromatic rings. The van der Waals surface area contributed by atoms with Gasteiger partial charge in [0.05, 0.1) is 12.6 Å². The van der Waals surface area contributed by atoms with E-state index in [1.165, 1.54) is 0 Å². The molecule has 1 amide bonds. The zero-order valence-corrected chi connectivity index (χ0v) is 20.9. The Balaban J connectivity index is 1.55. The van der Waals surface area contributed by atoms with E-state index >= 15 is 0 Å². The first-order valence-corrected chi connectivity index (χ1v) is 12.0. The van der Waals surface area contributed by atoms with Crippen LogP contribution in [0.1, 0.15) is 6.92 Å². The molecule has 0 aliphatic carbocycles. The number of rotatable bonds is 5. The monoisotopic (exact) mass is 523 g/mol. The molecule has 176 valence electrons. The fraction of sp³-hybridized carbons (Fsp3) is 0.333. The van der Waals surface area contributed by atoms with E-state index in [2.05, 4.69) is 33.2 Å². The molecule has 5 rings (SSSR count). The van der Waals surface area contributed by atoms with Crippen LogP contribution < -0.4 is 10.1 Å². The summed E-state index contributed by atoms with van der Waals surface area (Å²) in [6.07, 6.45) is 0. The first-order valence-electron chi connectivity index (χ1n) is 11.2. The molecule has 10 heteroatoms. The minimum Gasteiger partial charge on any atom is -0.497 e. The molecule has 2 aromatic carbocycles. The fourth-order valence-corrected chi connectivity index (χ4v) is 4.56. The molecule has 1 N–H and O–H groups in total. The number of piperazine rings is 1. The van der Waals surface area contributed by atoms with Crippen molar-refractivity contribution in [2.75, 3.05) is 45.7 Å². The maximum Gasteiger partial charge on any atom is 0.244 e. The molecule has 1 unspecified atom stereocenters. The van der Waals surface area contributed by atoms with E-state index in [-0.39, 0.29) is 5.91 Å². The summed E-state index contributed by atoms with van der Waals surface area (Å²) >= 11 is 3.61. The minimum atomic E-state index is -0.465. The molecule has 1 atom stereocenters. The molecular weight excluding hydrogens is 498 g/mol. The number of benzene rings is 2. The normalized spacial score (nSPS) is 15.6. The van der Waals surface area contributed by atoms with Crippen molar-refractivity contribution in [2.45, 2.75) is 13.0 Å². The highest BCUT2D eigenvalue weighted by Gasteiger charge is 2.25. The molecule has 1 saturated heterocycles. The van der Waals surface area contributed by atoms with Gasteiger partial charge in [0, 0.05) is 41.6 Å². The van der Waals surface area contributed by atoms with Crippen LogP contribution in [0.15, 0.2) is 46.9 Å². The second kappa shape index (κ2) is 9.19. The summed E-state index contributed by atoms with van der Waals surface area (Å²) in [7, 11) is 3.71. The summed E-state index contributed by atoms with van der Waals surface area (Å²) in [5.74, 6) is 1.85. The van der Waals surface area contributed by atoms with E-state index in [9.17, 15) is 4.79 Å². The van der Waals surface area contributed by atoms with Gasteiger partial charge in [0.1, 0.15) is 11.8 Å². The Morgan fingerprint density at radius 3 is 2.53 bits per heavy atom. The summed E-state index contributed by atoms with van der Waals surface area (Å²) in [6.45, 7) is 5.05. The highest BCUT2D eigenvalue weighted by molar-refractivity contribution is 9.10. The Bertz CT molecular complexity index is 1350. The molecule has 0 saturated carbocycles. The number of methoxy groups -OCH3 is 1. The van der Waals surface area contributed by atoms with Crippen molar-refractivity contribution < 1.29 is 9.53 Å². The van der Waals surface area contributed by atoms with Gasteiger partial charge in [0.2, 0.25) is 11.9 Å². The van der Waals surface area contributed by atoms with Crippen LogP contribution in [0.2, 0.25) is 0 Å². The van der Waals surface area contributed by atoms with E-state index in [4.69, 9.17) is 19.8 Å². The lowest BCUT2D eigenvalue weighted by atomic mass is 10.2. The third kappa shape index (κ3) is 4.19. The maximum absolute atomic E-state index is 13.1. The van der Waals surface area contributed by atoms with Crippen LogP contribution in [-0.2, 0) is 4.79 Å². The number of aromatic nitrogens is 4. The third-order valence-corrected chi connectivity index (χ3v) is 6.77. The van der Waals surface area contributed by atoms with Crippen LogP contribution in [0.5, 0.6) is 5.75 Å². The zero-order chi connectivity index (χ0) is 23.8. The van der Waals surface area contributed by atoms with Crippen molar-refractivity contribution in [1.29, 1.82) is 0 Å². The molecular formula is C24H26BrN7O2. The predicted octanol–water partition coefficient (Wildman–Crippen LogP) is 3.29. The number of carbonyl (C=O) groups excluding carboxylic acids is 1. The number of nitrogens with one attached hydrogen (secondary N) is 1. The smallest absolute Gasteiger partial charge is 0.244 e. The van der Waals surface area contributed by atoms with Gasteiger partial charge < -0.3 is 19.9 Å². The molecule has 0 bridgehead atoms. The quantitative estimate of drug-likeness (QED) is 0.429. The van der Waals surface area contributed by atoms with Gasteiger partial charge in [-0.25, -0.2) is 9.97 Å². The highest BCUT2D eigenvalue weighted by Crippen LogP contribution is 2.29. The van der Waals surface area contributed by atoms with Gasteiger partial charge in [0.25, 0.3) is 0 Å². The standard InChI is InChI=1S/C24H26BrN7O2/c1-15(23(33)31-13-11-30(2)12-14-31)26-24-27-20-18(5-4-6-19(20)25)22-28-21(29-32(22)24)16-7-9-17(34-3)10-8-16/h4-10,15H,11-14H2,1-3H3,(H,26,27). The number of fused-ring (bicyclic) bond motifs is 3. The van der Waals surface area contributed by atoms with E-state index in [0.29, 0.717) is 17.4 Å². The zero-order valence-electron chi connectivity index (χ0n) is 19.3. The molecule has 1 aliphatic rings. The van der Waals surface area contributed by atoms with Gasteiger partial charge in [-0.05, 0) is 66.3 Å². The molecule has 1 aliphatic heterocycles. The average molecular weight is 524 g/mol. The lowest BCUT2D eigenvalue weighted by Crippen LogP contribution is -2.51. The second-order valence-corrected chi connectivity index (χ2v) is 9.32. The van der Waals surface area contributed by atoms with Gasteiger partial charge in [0.15, 0.2) is 11.5 Å². The van der Waals surface area contributed by atoms with Crippen LogP contribution in [0, 0.1) is 0 Å². The first kappa shape index (κ1) is 22.5. The van der Waals surface area contributed by atoms with E-state index < -0.39 is 6.04 Å². The Labute approximate surface area is 205 Å². The number of anilines is 1. The maximum atomic E-state index is 13.1. The van der Waals surface area contributed by atoms with Crippen LogP contribution in [0.4, 0.5) is 5.95 Å². The number of ether oxygens (including phenoxy) is 1. The van der Waals surface area contributed by atoms with E-state index in [1.54, 1.807) is 11.6 Å². The molecule has 2 aromatic heterocycles. The largest absolute Gasteiger partial charge is 0.497 e. The van der Waals surface area contributed by atoms with Gasteiger partial charge in [-0.3, -0.25) is 4.79 Å². The SMILES string of the molecule is COc1ccc(-c2nc3c4cccc(Br)c4nc(NC(C)C(=O)N4CCN(C)CC4)n3n2)cc1. The van der Waals surface area contributed by atoms with Crippen molar-refractivity contribution in [1.82, 2.24) is 29.4 Å². The number of halogens is 1. The molecule has 0 spiro atoms. The Hall–Kier alpha value is -3.24. The summed E-state index contributed by atoms with van der Waals surface area (Å²) in [4.78, 5) is 26.9. The van der Waals surface area contributed by atoms with Crippen LogP contribution in [0.25, 0.3) is 27.9 Å². The van der Waals surface area contributed by atoms with Crippen molar-refractivity contribution in [3.8, 4) is 17.1 Å². The molecule has 9 nitrogen and oxygen atoms in total. The summed E-state index contributed by atoms with van der Waals surface area (Å²) in [6, 6.07) is 13.0. The fourth-order valence-electron chi connectivity index (χ4n) is 4.11. The summed E-state index contributed by atoms with van der Waals surface area (Å²) < 4.78 is 7.80. The summed E-state index contributed by atoms with van der Waals surface area (Å²) in [5.41, 5.74) is 2.28. The predicted molar refractivity (Wildman–Crippen MR) is 135 cm³/mol. The number of hydrogen-bond donors (Lipinski definition) is 1. The molecule has 3 heterocycles. The Morgan fingerprint density at radius 1 is 1.09 bits per heavy atom.